The maximum atomic E-state index is 11.9. The van der Waals surface area contributed by atoms with Gasteiger partial charge in [-0.15, -0.1) is 0 Å². The van der Waals surface area contributed by atoms with E-state index in [9.17, 15) is 14.7 Å². The molecule has 86 valence electrons. The van der Waals surface area contributed by atoms with E-state index in [0.717, 1.165) is 0 Å². The zero-order valence-electron chi connectivity index (χ0n) is 9.78. The molecule has 0 aliphatic carbocycles. The van der Waals surface area contributed by atoms with Crippen LogP contribution in [0.4, 0.5) is 0 Å². The summed E-state index contributed by atoms with van der Waals surface area (Å²) in [5.74, 6) is -0.255. The summed E-state index contributed by atoms with van der Waals surface area (Å²) in [4.78, 5) is 24.9. The lowest BCUT2D eigenvalue weighted by Gasteiger charge is -2.28. The summed E-state index contributed by atoms with van der Waals surface area (Å²) < 4.78 is 0. The van der Waals surface area contributed by atoms with Crippen LogP contribution in [-0.4, -0.2) is 34.5 Å². The minimum Gasteiger partial charge on any atom is -0.394 e. The molecule has 0 aromatic heterocycles. The summed E-state index contributed by atoms with van der Waals surface area (Å²) >= 11 is 0. The molecule has 2 amide bonds. The Morgan fingerprint density at radius 1 is 1.40 bits per heavy atom. The Balaban J connectivity index is 2.95. The lowest BCUT2D eigenvalue weighted by molar-refractivity contribution is -0.145. The number of carbonyl (C=O) groups is 2. The Kier molecular flexibility index (Phi) is 3.19. The highest BCUT2D eigenvalue weighted by molar-refractivity contribution is 6.05. The van der Waals surface area contributed by atoms with E-state index in [1.165, 1.54) is 4.90 Å². The van der Waals surface area contributed by atoms with Crippen LogP contribution in [0.25, 0.3) is 0 Å². The first-order chi connectivity index (χ1) is 6.81. The molecule has 1 aliphatic rings. The molecule has 0 aromatic carbocycles. The second kappa shape index (κ2) is 3.93. The van der Waals surface area contributed by atoms with E-state index in [1.807, 2.05) is 13.8 Å². The number of imide groups is 1. The third kappa shape index (κ3) is 2.04. The largest absolute Gasteiger partial charge is 0.394 e. The van der Waals surface area contributed by atoms with Crippen molar-refractivity contribution in [2.24, 2.45) is 11.3 Å². The minimum absolute atomic E-state index is 0.0804. The standard InChI is InChI=1S/C11H19NO3/c1-7(2)8(6-13)12-9(14)5-11(3,4)10(12)15/h7-8,13H,5-6H2,1-4H3. The van der Waals surface area contributed by atoms with Crippen molar-refractivity contribution in [1.82, 2.24) is 4.90 Å². The van der Waals surface area contributed by atoms with Crippen LogP contribution in [0, 0.1) is 11.3 Å². The fourth-order valence-electron chi connectivity index (χ4n) is 1.90. The lowest BCUT2D eigenvalue weighted by atomic mass is 9.92. The quantitative estimate of drug-likeness (QED) is 0.705. The van der Waals surface area contributed by atoms with Gasteiger partial charge in [0.15, 0.2) is 0 Å². The lowest BCUT2D eigenvalue weighted by Crippen LogP contribution is -2.46. The van der Waals surface area contributed by atoms with Gasteiger partial charge in [0, 0.05) is 6.42 Å². The van der Waals surface area contributed by atoms with E-state index in [2.05, 4.69) is 0 Å². The van der Waals surface area contributed by atoms with Gasteiger partial charge in [-0.3, -0.25) is 14.5 Å². The number of aliphatic hydroxyl groups excluding tert-OH is 1. The van der Waals surface area contributed by atoms with Crippen LogP contribution in [0.1, 0.15) is 34.1 Å². The van der Waals surface area contributed by atoms with E-state index in [4.69, 9.17) is 0 Å². The van der Waals surface area contributed by atoms with E-state index in [1.54, 1.807) is 13.8 Å². The van der Waals surface area contributed by atoms with Gasteiger partial charge >= 0.3 is 0 Å². The van der Waals surface area contributed by atoms with Crippen LogP contribution in [0.2, 0.25) is 0 Å². The Morgan fingerprint density at radius 3 is 2.20 bits per heavy atom. The average molecular weight is 213 g/mol. The number of amides is 2. The molecule has 1 fully saturated rings. The molecular formula is C11H19NO3. The summed E-state index contributed by atoms with van der Waals surface area (Å²) in [5, 5.41) is 9.22. The van der Waals surface area contributed by atoms with Crippen molar-refractivity contribution < 1.29 is 14.7 Å². The molecule has 0 aromatic rings. The van der Waals surface area contributed by atoms with Crippen molar-refractivity contribution in [2.45, 2.75) is 40.2 Å². The molecule has 1 N–H and O–H groups in total. The molecule has 1 rings (SSSR count). The molecule has 0 saturated carbocycles. The van der Waals surface area contributed by atoms with Crippen LogP contribution in [0.5, 0.6) is 0 Å². The van der Waals surface area contributed by atoms with Crippen molar-refractivity contribution in [1.29, 1.82) is 0 Å². The van der Waals surface area contributed by atoms with Crippen molar-refractivity contribution in [3.63, 3.8) is 0 Å². The summed E-state index contributed by atoms with van der Waals surface area (Å²) in [6, 6.07) is -0.383. The summed E-state index contributed by atoms with van der Waals surface area (Å²) in [6.45, 7) is 7.16. The van der Waals surface area contributed by atoms with Gasteiger partial charge in [-0.1, -0.05) is 27.7 Å². The van der Waals surface area contributed by atoms with Gasteiger partial charge < -0.3 is 5.11 Å². The smallest absolute Gasteiger partial charge is 0.235 e. The average Bonchev–Trinajstić information content (AvgIpc) is 2.28. The van der Waals surface area contributed by atoms with Crippen molar-refractivity contribution in [3.05, 3.63) is 0 Å². The summed E-state index contributed by atoms with van der Waals surface area (Å²) in [6.07, 6.45) is 0.245. The van der Waals surface area contributed by atoms with Gasteiger partial charge in [0.2, 0.25) is 11.8 Å². The number of nitrogens with zero attached hydrogens (tertiary/aromatic N) is 1. The molecule has 1 atom stereocenters. The highest BCUT2D eigenvalue weighted by atomic mass is 16.3. The number of likely N-dealkylation sites (tertiary alicyclic amines) is 1. The molecule has 1 heterocycles. The first kappa shape index (κ1) is 12.2. The molecule has 1 unspecified atom stereocenters. The van der Waals surface area contributed by atoms with E-state index >= 15 is 0 Å². The van der Waals surface area contributed by atoms with Crippen LogP contribution >= 0.6 is 0 Å². The van der Waals surface area contributed by atoms with Gasteiger partial charge in [-0.05, 0) is 5.92 Å². The Bertz CT molecular complexity index is 284. The second-order valence-electron chi connectivity index (χ2n) is 5.12. The molecule has 0 spiro atoms. The SMILES string of the molecule is CC(C)C(CO)N1C(=O)CC(C)(C)C1=O. The Hall–Kier alpha value is -0.900. The van der Waals surface area contributed by atoms with Crippen LogP contribution in [0.3, 0.4) is 0 Å². The molecular weight excluding hydrogens is 194 g/mol. The van der Waals surface area contributed by atoms with E-state index in [0.29, 0.717) is 0 Å². The topological polar surface area (TPSA) is 57.6 Å². The third-order valence-electron chi connectivity index (χ3n) is 2.95. The van der Waals surface area contributed by atoms with E-state index in [-0.39, 0.29) is 36.8 Å². The fraction of sp³-hybridized carbons (Fsp3) is 0.818. The molecule has 0 bridgehead atoms. The van der Waals surface area contributed by atoms with Crippen LogP contribution in [0.15, 0.2) is 0 Å². The van der Waals surface area contributed by atoms with Gasteiger partial charge in [0.05, 0.1) is 18.1 Å². The fourth-order valence-corrected chi connectivity index (χ4v) is 1.90. The van der Waals surface area contributed by atoms with Crippen molar-refractivity contribution >= 4 is 11.8 Å². The highest BCUT2D eigenvalue weighted by Gasteiger charge is 2.47. The number of hydrogen-bond donors (Lipinski definition) is 1. The van der Waals surface area contributed by atoms with Gasteiger partial charge in [-0.25, -0.2) is 0 Å². The summed E-state index contributed by atoms with van der Waals surface area (Å²) in [7, 11) is 0. The number of carbonyl (C=O) groups excluding carboxylic acids is 2. The van der Waals surface area contributed by atoms with Crippen LogP contribution < -0.4 is 0 Å². The zero-order chi connectivity index (χ0) is 11.8. The maximum absolute atomic E-state index is 11.9. The first-order valence-corrected chi connectivity index (χ1v) is 5.28. The predicted molar refractivity (Wildman–Crippen MR) is 56.0 cm³/mol. The monoisotopic (exact) mass is 213 g/mol. The molecule has 0 radical (unpaired) electrons. The van der Waals surface area contributed by atoms with Crippen molar-refractivity contribution in [2.75, 3.05) is 6.61 Å². The summed E-state index contributed by atoms with van der Waals surface area (Å²) in [5.41, 5.74) is -0.612. The highest BCUT2D eigenvalue weighted by Crippen LogP contribution is 2.34. The third-order valence-corrected chi connectivity index (χ3v) is 2.95. The van der Waals surface area contributed by atoms with Gasteiger partial charge in [-0.2, -0.15) is 0 Å². The molecule has 4 heteroatoms. The van der Waals surface area contributed by atoms with Crippen molar-refractivity contribution in [3.8, 4) is 0 Å². The molecule has 15 heavy (non-hydrogen) atoms. The number of rotatable bonds is 3. The predicted octanol–water partition coefficient (Wildman–Crippen LogP) is 0.788. The molecule has 1 saturated heterocycles. The second-order valence-corrected chi connectivity index (χ2v) is 5.12. The first-order valence-electron chi connectivity index (χ1n) is 5.28. The van der Waals surface area contributed by atoms with Gasteiger partial charge in [0.1, 0.15) is 0 Å². The normalized spacial score (nSPS) is 22.7. The van der Waals surface area contributed by atoms with E-state index < -0.39 is 5.41 Å². The van der Waals surface area contributed by atoms with Gasteiger partial charge in [0.25, 0.3) is 0 Å². The zero-order valence-corrected chi connectivity index (χ0v) is 9.78. The Morgan fingerprint density at radius 2 is 1.93 bits per heavy atom. The minimum atomic E-state index is -0.612. The number of aliphatic hydroxyl groups is 1. The molecule has 4 nitrogen and oxygen atoms in total. The Labute approximate surface area is 90.3 Å². The van der Waals surface area contributed by atoms with Crippen LogP contribution in [-0.2, 0) is 9.59 Å². The molecule has 1 aliphatic heterocycles. The maximum Gasteiger partial charge on any atom is 0.235 e. The number of hydrogen-bond acceptors (Lipinski definition) is 3.